The second-order valence-corrected chi connectivity index (χ2v) is 5.78. The van der Waals surface area contributed by atoms with E-state index in [2.05, 4.69) is 9.97 Å². The Kier molecular flexibility index (Phi) is 3.74. The molecule has 0 atom stereocenters. The van der Waals surface area contributed by atoms with Gasteiger partial charge in [-0.15, -0.1) is 11.3 Å². The lowest BCUT2D eigenvalue weighted by atomic mass is 10.1. The van der Waals surface area contributed by atoms with Crippen LogP contribution in [0.4, 0.5) is 19.0 Å². The highest BCUT2D eigenvalue weighted by Gasteiger charge is 2.29. The summed E-state index contributed by atoms with van der Waals surface area (Å²) in [4.78, 5) is 11.3. The predicted octanol–water partition coefficient (Wildman–Crippen LogP) is 4.35. The third kappa shape index (κ3) is 2.89. The molecule has 0 radical (unpaired) electrons. The number of alkyl halides is 3. The normalized spacial score (nSPS) is 11.8. The maximum atomic E-state index is 12.6. The van der Waals surface area contributed by atoms with Crippen molar-refractivity contribution in [2.75, 3.05) is 11.9 Å². The zero-order chi connectivity index (χ0) is 15.7. The lowest BCUT2D eigenvalue weighted by Gasteiger charge is -2.19. The number of benzene rings is 1. The van der Waals surface area contributed by atoms with Gasteiger partial charge < -0.3 is 4.90 Å². The second kappa shape index (κ2) is 5.57. The van der Waals surface area contributed by atoms with Crippen LogP contribution < -0.4 is 4.90 Å². The molecule has 2 aromatic heterocycles. The van der Waals surface area contributed by atoms with Crippen molar-refractivity contribution in [3.05, 3.63) is 53.2 Å². The standard InChI is InChI=1S/C15H12F3N3S/c1-21(13-12-6-7-22-14(12)20-9-19-13)8-10-2-4-11(5-3-10)15(16,17)18/h2-7,9H,8H2,1H3. The molecule has 3 rings (SSSR count). The number of anilines is 1. The molecule has 3 nitrogen and oxygen atoms in total. The highest BCUT2D eigenvalue weighted by molar-refractivity contribution is 7.16. The van der Waals surface area contributed by atoms with Crippen LogP contribution in [-0.2, 0) is 12.7 Å². The predicted molar refractivity (Wildman–Crippen MR) is 81.0 cm³/mol. The molecule has 0 N–H and O–H groups in total. The summed E-state index contributed by atoms with van der Waals surface area (Å²) in [6.45, 7) is 0.472. The van der Waals surface area contributed by atoms with Crippen LogP contribution in [0.5, 0.6) is 0 Å². The van der Waals surface area contributed by atoms with Crippen LogP contribution in [0.3, 0.4) is 0 Å². The van der Waals surface area contributed by atoms with Crippen molar-refractivity contribution in [2.45, 2.75) is 12.7 Å². The molecule has 0 amide bonds. The Hall–Kier alpha value is -2.15. The van der Waals surface area contributed by atoms with Gasteiger partial charge >= 0.3 is 6.18 Å². The van der Waals surface area contributed by atoms with Crippen molar-refractivity contribution in [1.29, 1.82) is 0 Å². The first kappa shape index (κ1) is 14.8. The molecule has 0 fully saturated rings. The SMILES string of the molecule is CN(Cc1ccc(C(F)(F)F)cc1)c1ncnc2sccc12. The number of rotatable bonds is 3. The van der Waals surface area contributed by atoms with Gasteiger partial charge in [0.2, 0.25) is 0 Å². The maximum absolute atomic E-state index is 12.6. The van der Waals surface area contributed by atoms with Crippen LogP contribution in [0.15, 0.2) is 42.0 Å². The average Bonchev–Trinajstić information content (AvgIpc) is 2.95. The first-order valence-electron chi connectivity index (χ1n) is 6.50. The van der Waals surface area contributed by atoms with Crippen molar-refractivity contribution in [2.24, 2.45) is 0 Å². The summed E-state index contributed by atoms with van der Waals surface area (Å²) < 4.78 is 37.7. The molecule has 114 valence electrons. The van der Waals surface area contributed by atoms with Crippen molar-refractivity contribution in [1.82, 2.24) is 9.97 Å². The van der Waals surface area contributed by atoms with Crippen LogP contribution in [0, 0.1) is 0 Å². The molecule has 0 aliphatic rings. The van der Waals surface area contributed by atoms with Gasteiger partial charge in [-0.05, 0) is 29.1 Å². The Bertz CT molecular complexity index is 781. The van der Waals surface area contributed by atoms with Gasteiger partial charge in [-0.2, -0.15) is 13.2 Å². The summed E-state index contributed by atoms with van der Waals surface area (Å²) in [5, 5.41) is 2.89. The van der Waals surface area contributed by atoms with Crippen LogP contribution in [0.25, 0.3) is 10.2 Å². The Labute approximate surface area is 129 Å². The van der Waals surface area contributed by atoms with Crippen molar-refractivity contribution >= 4 is 27.4 Å². The van der Waals surface area contributed by atoms with Crippen molar-refractivity contribution in [3.8, 4) is 0 Å². The number of aromatic nitrogens is 2. The van der Waals surface area contributed by atoms with E-state index in [1.807, 2.05) is 23.4 Å². The van der Waals surface area contributed by atoms with E-state index in [0.717, 1.165) is 33.7 Å². The Morgan fingerprint density at radius 2 is 1.82 bits per heavy atom. The summed E-state index contributed by atoms with van der Waals surface area (Å²) in [5.41, 5.74) is 0.152. The minimum absolute atomic E-state index is 0.472. The molecule has 0 bridgehead atoms. The van der Waals surface area contributed by atoms with E-state index in [1.54, 1.807) is 0 Å². The molecular formula is C15H12F3N3S. The molecule has 22 heavy (non-hydrogen) atoms. The van der Waals surface area contributed by atoms with Gasteiger partial charge in [-0.3, -0.25) is 0 Å². The summed E-state index contributed by atoms with van der Waals surface area (Å²) in [6, 6.07) is 7.13. The summed E-state index contributed by atoms with van der Waals surface area (Å²) >= 11 is 1.53. The smallest absolute Gasteiger partial charge is 0.355 e. The fraction of sp³-hybridized carbons (Fsp3) is 0.200. The van der Waals surface area contributed by atoms with Crippen LogP contribution in [0.2, 0.25) is 0 Å². The first-order valence-corrected chi connectivity index (χ1v) is 7.38. The molecule has 0 aliphatic carbocycles. The summed E-state index contributed by atoms with van der Waals surface area (Å²) in [6.07, 6.45) is -2.81. The van der Waals surface area contributed by atoms with Crippen LogP contribution in [0.1, 0.15) is 11.1 Å². The van der Waals surface area contributed by atoms with E-state index in [0.29, 0.717) is 6.54 Å². The molecule has 0 saturated heterocycles. The van der Waals surface area contributed by atoms with E-state index >= 15 is 0 Å². The van der Waals surface area contributed by atoms with Gasteiger partial charge in [0.05, 0.1) is 10.9 Å². The average molecular weight is 323 g/mol. The van der Waals surface area contributed by atoms with Gasteiger partial charge in [0, 0.05) is 13.6 Å². The molecule has 2 heterocycles. The molecule has 0 unspecified atom stereocenters. The summed E-state index contributed by atoms with van der Waals surface area (Å²) in [5.74, 6) is 0.770. The fourth-order valence-corrected chi connectivity index (χ4v) is 2.96. The van der Waals surface area contributed by atoms with E-state index in [-0.39, 0.29) is 0 Å². The van der Waals surface area contributed by atoms with Gasteiger partial charge in [-0.1, -0.05) is 12.1 Å². The molecule has 7 heteroatoms. The minimum Gasteiger partial charge on any atom is -0.355 e. The van der Waals surface area contributed by atoms with Crippen LogP contribution >= 0.6 is 11.3 Å². The molecular weight excluding hydrogens is 311 g/mol. The topological polar surface area (TPSA) is 29.0 Å². The third-order valence-corrected chi connectivity index (χ3v) is 4.12. The number of fused-ring (bicyclic) bond motifs is 1. The highest BCUT2D eigenvalue weighted by atomic mass is 32.1. The van der Waals surface area contributed by atoms with E-state index in [1.165, 1.54) is 29.8 Å². The van der Waals surface area contributed by atoms with E-state index in [9.17, 15) is 13.2 Å². The number of hydrogen-bond donors (Lipinski definition) is 0. The Morgan fingerprint density at radius 1 is 1.09 bits per heavy atom. The number of hydrogen-bond acceptors (Lipinski definition) is 4. The number of nitrogens with zero attached hydrogens (tertiary/aromatic N) is 3. The molecule has 0 aliphatic heterocycles. The largest absolute Gasteiger partial charge is 0.416 e. The molecule has 0 spiro atoms. The van der Waals surface area contributed by atoms with Gasteiger partial charge in [-0.25, -0.2) is 9.97 Å². The third-order valence-electron chi connectivity index (χ3n) is 3.30. The summed E-state index contributed by atoms with van der Waals surface area (Å²) in [7, 11) is 1.86. The minimum atomic E-state index is -4.31. The zero-order valence-corrected chi connectivity index (χ0v) is 12.4. The first-order chi connectivity index (χ1) is 10.4. The van der Waals surface area contributed by atoms with Gasteiger partial charge in [0.1, 0.15) is 17.0 Å². The van der Waals surface area contributed by atoms with Crippen molar-refractivity contribution < 1.29 is 13.2 Å². The van der Waals surface area contributed by atoms with Crippen molar-refractivity contribution in [3.63, 3.8) is 0 Å². The Balaban J connectivity index is 1.82. The lowest BCUT2D eigenvalue weighted by molar-refractivity contribution is -0.137. The maximum Gasteiger partial charge on any atom is 0.416 e. The Morgan fingerprint density at radius 3 is 2.50 bits per heavy atom. The zero-order valence-electron chi connectivity index (χ0n) is 11.6. The fourth-order valence-electron chi connectivity index (χ4n) is 2.23. The monoisotopic (exact) mass is 323 g/mol. The number of halogens is 3. The molecule has 1 aromatic carbocycles. The quantitative estimate of drug-likeness (QED) is 0.718. The lowest BCUT2D eigenvalue weighted by Crippen LogP contribution is -2.18. The van der Waals surface area contributed by atoms with E-state index in [4.69, 9.17) is 0 Å². The van der Waals surface area contributed by atoms with E-state index < -0.39 is 11.7 Å². The second-order valence-electron chi connectivity index (χ2n) is 4.89. The highest BCUT2D eigenvalue weighted by Crippen LogP contribution is 2.30. The molecule has 3 aromatic rings. The van der Waals surface area contributed by atoms with Crippen LogP contribution in [-0.4, -0.2) is 17.0 Å². The van der Waals surface area contributed by atoms with Gasteiger partial charge in [0.15, 0.2) is 0 Å². The molecule has 0 saturated carbocycles. The van der Waals surface area contributed by atoms with Gasteiger partial charge in [0.25, 0.3) is 0 Å². The number of thiophene rings is 1.